The smallest absolute Gasteiger partial charge is 0.321 e. The van der Waals surface area contributed by atoms with Crippen molar-refractivity contribution in [1.29, 1.82) is 0 Å². The zero-order chi connectivity index (χ0) is 18.6. The Morgan fingerprint density at radius 3 is 2.28 bits per heavy atom. The fourth-order valence-corrected chi connectivity index (χ4v) is 2.85. The highest BCUT2D eigenvalue weighted by molar-refractivity contribution is 5.61. The van der Waals surface area contributed by atoms with Gasteiger partial charge in [0.05, 0.1) is 18.4 Å². The van der Waals surface area contributed by atoms with Gasteiger partial charge in [-0.05, 0) is 41.5 Å². The standard InChI is InChI=1S/C17H28N6O2/c1-10(2)23(11(3)4)9-8-18-16-19-15(20-17(21-16)24-7)14-12(5)22-25-13(14)6/h10-11H,8-9H2,1-7H3,(H,18,19,20,21). The number of aromatic nitrogens is 4. The Balaban J connectivity index is 2.17. The lowest BCUT2D eigenvalue weighted by Crippen LogP contribution is -2.40. The summed E-state index contributed by atoms with van der Waals surface area (Å²) in [5.74, 6) is 1.65. The van der Waals surface area contributed by atoms with Crippen molar-refractivity contribution in [3.05, 3.63) is 11.5 Å². The van der Waals surface area contributed by atoms with E-state index in [0.717, 1.165) is 24.3 Å². The minimum absolute atomic E-state index is 0.261. The predicted octanol–water partition coefficient (Wildman–Crippen LogP) is 2.68. The fraction of sp³-hybridized carbons (Fsp3) is 0.647. The molecule has 0 amide bonds. The molecule has 2 aromatic heterocycles. The van der Waals surface area contributed by atoms with Crippen LogP contribution in [0.15, 0.2) is 4.52 Å². The highest BCUT2D eigenvalue weighted by Crippen LogP contribution is 2.25. The number of nitrogens with one attached hydrogen (secondary N) is 1. The average molecular weight is 348 g/mol. The van der Waals surface area contributed by atoms with Crippen LogP contribution in [-0.2, 0) is 0 Å². The molecule has 0 aliphatic rings. The first-order chi connectivity index (χ1) is 11.8. The van der Waals surface area contributed by atoms with Gasteiger partial charge in [0.25, 0.3) is 0 Å². The molecule has 0 atom stereocenters. The van der Waals surface area contributed by atoms with Gasteiger partial charge in [-0.3, -0.25) is 4.90 Å². The number of aryl methyl sites for hydroxylation is 2. The second-order valence-corrected chi connectivity index (χ2v) is 6.52. The zero-order valence-corrected chi connectivity index (χ0v) is 16.1. The molecule has 0 spiro atoms. The van der Waals surface area contributed by atoms with Crippen LogP contribution < -0.4 is 10.1 Å². The number of methoxy groups -OCH3 is 1. The van der Waals surface area contributed by atoms with E-state index in [1.165, 1.54) is 7.11 Å². The summed E-state index contributed by atoms with van der Waals surface area (Å²) in [6, 6.07) is 1.22. The lowest BCUT2D eigenvalue weighted by atomic mass is 10.2. The molecule has 0 fully saturated rings. The topological polar surface area (TPSA) is 89.2 Å². The summed E-state index contributed by atoms with van der Waals surface area (Å²) in [6.07, 6.45) is 0. The van der Waals surface area contributed by atoms with Gasteiger partial charge in [0.1, 0.15) is 5.76 Å². The molecular weight excluding hydrogens is 320 g/mol. The maximum atomic E-state index is 5.21. The van der Waals surface area contributed by atoms with Crippen LogP contribution in [0.2, 0.25) is 0 Å². The van der Waals surface area contributed by atoms with Crippen LogP contribution in [0.25, 0.3) is 11.4 Å². The Morgan fingerprint density at radius 2 is 1.76 bits per heavy atom. The third-order valence-corrected chi connectivity index (χ3v) is 4.03. The van der Waals surface area contributed by atoms with E-state index in [-0.39, 0.29) is 6.01 Å². The summed E-state index contributed by atoms with van der Waals surface area (Å²) >= 11 is 0. The minimum atomic E-state index is 0.261. The minimum Gasteiger partial charge on any atom is -0.467 e. The van der Waals surface area contributed by atoms with E-state index in [1.54, 1.807) is 0 Å². The molecule has 2 rings (SSSR count). The van der Waals surface area contributed by atoms with Crippen molar-refractivity contribution in [1.82, 2.24) is 25.0 Å². The number of hydrogen-bond acceptors (Lipinski definition) is 8. The zero-order valence-electron chi connectivity index (χ0n) is 16.1. The molecule has 2 aromatic rings. The number of rotatable bonds is 8. The molecule has 8 heteroatoms. The monoisotopic (exact) mass is 348 g/mol. The van der Waals surface area contributed by atoms with Crippen molar-refractivity contribution >= 4 is 5.95 Å². The van der Waals surface area contributed by atoms with Gasteiger partial charge < -0.3 is 14.6 Å². The molecule has 0 saturated carbocycles. The Hall–Kier alpha value is -2.22. The first-order valence-corrected chi connectivity index (χ1v) is 8.56. The first-order valence-electron chi connectivity index (χ1n) is 8.56. The Kier molecular flexibility index (Phi) is 6.30. The summed E-state index contributed by atoms with van der Waals surface area (Å²) in [4.78, 5) is 15.5. The van der Waals surface area contributed by atoms with E-state index >= 15 is 0 Å². The highest BCUT2D eigenvalue weighted by atomic mass is 16.5. The molecule has 0 aliphatic carbocycles. The average Bonchev–Trinajstić information content (AvgIpc) is 2.89. The summed E-state index contributed by atoms with van der Waals surface area (Å²) in [7, 11) is 1.54. The number of anilines is 1. The molecule has 138 valence electrons. The van der Waals surface area contributed by atoms with Crippen molar-refractivity contribution in [2.24, 2.45) is 0 Å². The predicted molar refractivity (Wildman–Crippen MR) is 96.8 cm³/mol. The summed E-state index contributed by atoms with van der Waals surface area (Å²) in [5, 5.41) is 7.22. The van der Waals surface area contributed by atoms with Crippen LogP contribution in [0.1, 0.15) is 39.1 Å². The molecule has 0 bridgehead atoms. The molecule has 0 unspecified atom stereocenters. The Labute approximate surface area is 149 Å². The van der Waals surface area contributed by atoms with Gasteiger partial charge in [0, 0.05) is 25.2 Å². The molecule has 8 nitrogen and oxygen atoms in total. The van der Waals surface area contributed by atoms with Crippen molar-refractivity contribution in [2.75, 3.05) is 25.5 Å². The third-order valence-electron chi connectivity index (χ3n) is 4.03. The van der Waals surface area contributed by atoms with Crippen molar-refractivity contribution in [3.8, 4) is 17.4 Å². The summed E-state index contributed by atoms with van der Waals surface area (Å²) in [5.41, 5.74) is 1.51. The van der Waals surface area contributed by atoms with E-state index in [9.17, 15) is 0 Å². The normalized spacial score (nSPS) is 11.6. The lowest BCUT2D eigenvalue weighted by Gasteiger charge is -2.30. The molecule has 25 heavy (non-hydrogen) atoms. The number of ether oxygens (including phenoxy) is 1. The van der Waals surface area contributed by atoms with Crippen LogP contribution in [0, 0.1) is 13.8 Å². The number of nitrogens with zero attached hydrogens (tertiary/aromatic N) is 5. The van der Waals surface area contributed by atoms with E-state index in [2.05, 4.69) is 58.0 Å². The second kappa shape index (κ2) is 8.24. The summed E-state index contributed by atoms with van der Waals surface area (Å²) in [6.45, 7) is 14.1. The lowest BCUT2D eigenvalue weighted by molar-refractivity contribution is 0.182. The molecule has 0 aliphatic heterocycles. The van der Waals surface area contributed by atoms with Gasteiger partial charge in [-0.25, -0.2) is 0 Å². The molecule has 0 saturated heterocycles. The number of hydrogen-bond donors (Lipinski definition) is 1. The molecule has 2 heterocycles. The fourth-order valence-electron chi connectivity index (χ4n) is 2.85. The van der Waals surface area contributed by atoms with Crippen LogP contribution >= 0.6 is 0 Å². The van der Waals surface area contributed by atoms with Gasteiger partial charge in [0.2, 0.25) is 5.95 Å². The molecule has 0 aromatic carbocycles. The third kappa shape index (κ3) is 4.66. The van der Waals surface area contributed by atoms with Crippen LogP contribution in [0.5, 0.6) is 6.01 Å². The van der Waals surface area contributed by atoms with Gasteiger partial charge in [-0.15, -0.1) is 0 Å². The maximum Gasteiger partial charge on any atom is 0.321 e. The Morgan fingerprint density at radius 1 is 1.08 bits per heavy atom. The van der Waals surface area contributed by atoms with Gasteiger partial charge in [-0.2, -0.15) is 15.0 Å². The quantitative estimate of drug-likeness (QED) is 0.779. The van der Waals surface area contributed by atoms with Gasteiger partial charge in [-0.1, -0.05) is 5.16 Å². The van der Waals surface area contributed by atoms with E-state index in [4.69, 9.17) is 9.26 Å². The Bertz CT molecular complexity index is 671. The molecule has 0 radical (unpaired) electrons. The SMILES string of the molecule is COc1nc(NCCN(C(C)C)C(C)C)nc(-c2c(C)noc2C)n1. The van der Waals surface area contributed by atoms with Crippen LogP contribution in [0.3, 0.4) is 0 Å². The van der Waals surface area contributed by atoms with Crippen LogP contribution in [0.4, 0.5) is 5.95 Å². The maximum absolute atomic E-state index is 5.21. The highest BCUT2D eigenvalue weighted by Gasteiger charge is 2.18. The molecule has 1 N–H and O–H groups in total. The van der Waals surface area contributed by atoms with Gasteiger partial charge >= 0.3 is 6.01 Å². The van der Waals surface area contributed by atoms with E-state index < -0.39 is 0 Å². The van der Waals surface area contributed by atoms with E-state index in [0.29, 0.717) is 29.6 Å². The van der Waals surface area contributed by atoms with Crippen LogP contribution in [-0.4, -0.2) is 57.3 Å². The van der Waals surface area contributed by atoms with Crippen molar-refractivity contribution in [3.63, 3.8) is 0 Å². The van der Waals surface area contributed by atoms with E-state index in [1.807, 2.05) is 13.8 Å². The molecular formula is C17H28N6O2. The van der Waals surface area contributed by atoms with Crippen molar-refractivity contribution < 1.29 is 9.26 Å². The largest absolute Gasteiger partial charge is 0.467 e. The summed E-state index contributed by atoms with van der Waals surface area (Å²) < 4.78 is 10.4. The first kappa shape index (κ1) is 19.1. The van der Waals surface area contributed by atoms with Crippen molar-refractivity contribution in [2.45, 2.75) is 53.6 Å². The van der Waals surface area contributed by atoms with Gasteiger partial charge in [0.15, 0.2) is 5.82 Å². The second-order valence-electron chi connectivity index (χ2n) is 6.52.